The summed E-state index contributed by atoms with van der Waals surface area (Å²) in [4.78, 5) is 12.2. The number of rotatable bonds is 6. The lowest BCUT2D eigenvalue weighted by molar-refractivity contribution is 0.0572. The predicted octanol–water partition coefficient (Wildman–Crippen LogP) is 4.81. The fourth-order valence-corrected chi connectivity index (χ4v) is 3.25. The van der Waals surface area contributed by atoms with E-state index in [0.717, 1.165) is 31.4 Å². The highest BCUT2D eigenvalue weighted by Crippen LogP contribution is 2.26. The molecule has 5 nitrogen and oxygen atoms in total. The second-order valence-electron chi connectivity index (χ2n) is 6.66. The van der Waals surface area contributed by atoms with E-state index in [2.05, 4.69) is 10.6 Å². The maximum absolute atomic E-state index is 12.2. The van der Waals surface area contributed by atoms with Crippen LogP contribution in [-0.4, -0.2) is 25.8 Å². The van der Waals surface area contributed by atoms with Gasteiger partial charge in [0.05, 0.1) is 6.10 Å². The first-order valence-corrected chi connectivity index (χ1v) is 9.13. The van der Waals surface area contributed by atoms with Crippen molar-refractivity contribution in [1.29, 1.82) is 0 Å². The Morgan fingerprint density at radius 2 is 1.73 bits per heavy atom. The zero-order valence-corrected chi connectivity index (χ0v) is 15.1. The van der Waals surface area contributed by atoms with Crippen molar-refractivity contribution in [2.75, 3.05) is 19.0 Å². The molecule has 0 saturated heterocycles. The number of carbonyl (C=O) groups is 1. The summed E-state index contributed by atoms with van der Waals surface area (Å²) in [5.41, 5.74) is 0.707. The van der Waals surface area contributed by atoms with Gasteiger partial charge in [-0.25, -0.2) is 4.79 Å². The molecule has 1 aliphatic rings. The van der Waals surface area contributed by atoms with E-state index >= 15 is 0 Å². The van der Waals surface area contributed by atoms with Crippen LogP contribution < -0.4 is 15.4 Å². The van der Waals surface area contributed by atoms with Crippen molar-refractivity contribution >= 4 is 11.7 Å². The van der Waals surface area contributed by atoms with Gasteiger partial charge < -0.3 is 20.1 Å². The van der Waals surface area contributed by atoms with Crippen molar-refractivity contribution in [3.05, 3.63) is 54.6 Å². The molecule has 0 aliphatic heterocycles. The van der Waals surface area contributed by atoms with Crippen LogP contribution in [0.1, 0.15) is 25.7 Å². The lowest BCUT2D eigenvalue weighted by Gasteiger charge is -2.27. The Bertz CT molecular complexity index is 697. The normalized spacial score (nSPS) is 19.6. The number of carbonyl (C=O) groups excluding carboxylic acids is 1. The number of nitrogens with one attached hydrogen (secondary N) is 2. The molecule has 2 aromatic carbocycles. The summed E-state index contributed by atoms with van der Waals surface area (Å²) in [5.74, 6) is 1.98. The molecular weight excluding hydrogens is 328 g/mol. The van der Waals surface area contributed by atoms with Crippen molar-refractivity contribution < 1.29 is 14.3 Å². The number of urea groups is 1. The number of para-hydroxylation sites is 1. The van der Waals surface area contributed by atoms with Gasteiger partial charge in [-0.2, -0.15) is 0 Å². The first-order chi connectivity index (χ1) is 12.7. The zero-order valence-electron chi connectivity index (χ0n) is 15.1. The fourth-order valence-electron chi connectivity index (χ4n) is 3.25. The molecule has 0 atom stereocenters. The van der Waals surface area contributed by atoms with Crippen LogP contribution in [0.5, 0.6) is 11.5 Å². The van der Waals surface area contributed by atoms with Crippen molar-refractivity contribution in [2.24, 2.45) is 5.92 Å². The topological polar surface area (TPSA) is 59.6 Å². The number of hydrogen-bond donors (Lipinski definition) is 2. The van der Waals surface area contributed by atoms with Gasteiger partial charge in [-0.15, -0.1) is 0 Å². The molecule has 5 heteroatoms. The Hall–Kier alpha value is -2.53. The van der Waals surface area contributed by atoms with Gasteiger partial charge in [0.25, 0.3) is 0 Å². The Morgan fingerprint density at radius 3 is 2.46 bits per heavy atom. The molecule has 1 aliphatic carbocycles. The van der Waals surface area contributed by atoms with Crippen LogP contribution in [-0.2, 0) is 4.74 Å². The standard InChI is InChI=1S/C21H26N2O3/c1-25-18-12-10-16(11-13-18)15-22-21(24)23-17-6-5-9-20(14-17)26-19-7-3-2-4-8-19/h2-9,14,16,18H,10-13,15H2,1H3,(H2,22,23,24). The summed E-state index contributed by atoms with van der Waals surface area (Å²) in [5, 5.41) is 5.84. The SMILES string of the molecule is COC1CCC(CNC(=O)Nc2cccc(Oc3ccccc3)c2)CC1. The fraction of sp³-hybridized carbons (Fsp3) is 0.381. The summed E-state index contributed by atoms with van der Waals surface area (Å²) in [6, 6.07) is 16.8. The van der Waals surface area contributed by atoms with E-state index in [-0.39, 0.29) is 6.03 Å². The second kappa shape index (κ2) is 9.25. The zero-order chi connectivity index (χ0) is 18.2. The molecule has 0 heterocycles. The van der Waals surface area contributed by atoms with Crippen molar-refractivity contribution in [3.63, 3.8) is 0 Å². The Morgan fingerprint density at radius 1 is 1.00 bits per heavy atom. The number of benzene rings is 2. The van der Waals surface area contributed by atoms with Gasteiger partial charge in [-0.1, -0.05) is 24.3 Å². The summed E-state index contributed by atoms with van der Waals surface area (Å²) in [7, 11) is 1.77. The van der Waals surface area contributed by atoms with E-state index in [4.69, 9.17) is 9.47 Å². The summed E-state index contributed by atoms with van der Waals surface area (Å²) in [6.07, 6.45) is 4.72. The van der Waals surface area contributed by atoms with Crippen LogP contribution in [0.2, 0.25) is 0 Å². The molecule has 0 spiro atoms. The van der Waals surface area contributed by atoms with Gasteiger partial charge >= 0.3 is 6.03 Å². The van der Waals surface area contributed by atoms with Crippen molar-refractivity contribution in [2.45, 2.75) is 31.8 Å². The maximum Gasteiger partial charge on any atom is 0.319 e. The van der Waals surface area contributed by atoms with Gasteiger partial charge in [-0.3, -0.25) is 0 Å². The largest absolute Gasteiger partial charge is 0.457 e. The van der Waals surface area contributed by atoms with Crippen molar-refractivity contribution in [1.82, 2.24) is 5.32 Å². The Kier molecular flexibility index (Phi) is 6.50. The first kappa shape index (κ1) is 18.3. The van der Waals surface area contributed by atoms with Crippen molar-refractivity contribution in [3.8, 4) is 11.5 Å². The van der Waals surface area contributed by atoms with Crippen LogP contribution in [0.25, 0.3) is 0 Å². The van der Waals surface area contributed by atoms with Gasteiger partial charge in [-0.05, 0) is 55.9 Å². The molecule has 0 aromatic heterocycles. The number of hydrogen-bond acceptors (Lipinski definition) is 3. The van der Waals surface area contributed by atoms with Gasteiger partial charge in [0, 0.05) is 25.4 Å². The van der Waals surface area contributed by atoms with E-state index in [0.29, 0.717) is 30.0 Å². The molecule has 2 aromatic rings. The molecule has 1 fully saturated rings. The number of ether oxygens (including phenoxy) is 2. The first-order valence-electron chi connectivity index (χ1n) is 9.13. The monoisotopic (exact) mass is 354 g/mol. The highest BCUT2D eigenvalue weighted by molar-refractivity contribution is 5.89. The maximum atomic E-state index is 12.2. The molecule has 1 saturated carbocycles. The Labute approximate surface area is 154 Å². The summed E-state index contributed by atoms with van der Waals surface area (Å²) < 4.78 is 11.2. The highest BCUT2D eigenvalue weighted by atomic mass is 16.5. The third-order valence-electron chi connectivity index (χ3n) is 4.75. The lowest BCUT2D eigenvalue weighted by Crippen LogP contribution is -2.35. The molecule has 0 unspecified atom stereocenters. The van der Waals surface area contributed by atoms with E-state index in [1.807, 2.05) is 54.6 Å². The minimum Gasteiger partial charge on any atom is -0.457 e. The highest BCUT2D eigenvalue weighted by Gasteiger charge is 2.21. The van der Waals surface area contributed by atoms with Crippen LogP contribution >= 0.6 is 0 Å². The molecule has 2 amide bonds. The average Bonchev–Trinajstić information content (AvgIpc) is 2.68. The molecule has 26 heavy (non-hydrogen) atoms. The number of anilines is 1. The minimum absolute atomic E-state index is 0.185. The third-order valence-corrected chi connectivity index (χ3v) is 4.75. The van der Waals surface area contributed by atoms with Gasteiger partial charge in [0.15, 0.2) is 0 Å². The van der Waals surface area contributed by atoms with E-state index in [9.17, 15) is 4.79 Å². The van der Waals surface area contributed by atoms with Gasteiger partial charge in [0.2, 0.25) is 0 Å². The summed E-state index contributed by atoms with van der Waals surface area (Å²) in [6.45, 7) is 0.697. The minimum atomic E-state index is -0.185. The molecule has 2 N–H and O–H groups in total. The third kappa shape index (κ3) is 5.49. The van der Waals surface area contributed by atoms with Crippen LogP contribution in [0.4, 0.5) is 10.5 Å². The molecule has 0 radical (unpaired) electrons. The molecule has 138 valence electrons. The quantitative estimate of drug-likeness (QED) is 0.783. The van der Waals surface area contributed by atoms with E-state index < -0.39 is 0 Å². The number of methoxy groups -OCH3 is 1. The van der Waals surface area contributed by atoms with E-state index in [1.54, 1.807) is 7.11 Å². The summed E-state index contributed by atoms with van der Waals surface area (Å²) >= 11 is 0. The Balaban J connectivity index is 1.46. The smallest absolute Gasteiger partial charge is 0.319 e. The average molecular weight is 354 g/mol. The van der Waals surface area contributed by atoms with E-state index in [1.165, 1.54) is 0 Å². The van der Waals surface area contributed by atoms with Crippen LogP contribution in [0.15, 0.2) is 54.6 Å². The predicted molar refractivity (Wildman–Crippen MR) is 103 cm³/mol. The molecular formula is C21H26N2O3. The van der Waals surface area contributed by atoms with Crippen LogP contribution in [0, 0.1) is 5.92 Å². The van der Waals surface area contributed by atoms with Gasteiger partial charge in [0.1, 0.15) is 11.5 Å². The molecule has 3 rings (SSSR count). The second-order valence-corrected chi connectivity index (χ2v) is 6.66. The van der Waals surface area contributed by atoms with Crippen LogP contribution in [0.3, 0.4) is 0 Å². The lowest BCUT2D eigenvalue weighted by atomic mass is 9.87. The number of amides is 2. The molecule has 0 bridgehead atoms.